The third-order valence-electron chi connectivity index (χ3n) is 0.426. The molecule has 0 aliphatic carbocycles. The second kappa shape index (κ2) is 1.19. The van der Waals surface area contributed by atoms with E-state index < -0.39 is 0 Å². The molecular formula is CH4N2OP-. The first-order valence-corrected chi connectivity index (χ1v) is 2.53. The summed E-state index contributed by atoms with van der Waals surface area (Å²) in [5, 5.41) is 13.0. The maximum Gasteiger partial charge on any atom is 0.0315 e. The van der Waals surface area contributed by atoms with Crippen LogP contribution in [0.25, 0.3) is 0 Å². The monoisotopic (exact) mass is 91.0 g/mol. The van der Waals surface area contributed by atoms with Gasteiger partial charge in [0, 0.05) is 6.29 Å². The Labute approximate surface area is 31.7 Å². The fourth-order valence-electron chi connectivity index (χ4n) is 0.144. The minimum Gasteiger partial charge on any atom is -0.771 e. The third kappa shape index (κ3) is 0.578. The summed E-state index contributed by atoms with van der Waals surface area (Å²) in [6, 6.07) is 0. The van der Waals surface area contributed by atoms with Gasteiger partial charge in [0.2, 0.25) is 0 Å². The van der Waals surface area contributed by atoms with Crippen LogP contribution in [-0.2, 0) is 0 Å². The molecule has 0 aromatic carbocycles. The van der Waals surface area contributed by atoms with Crippen molar-refractivity contribution in [3.63, 3.8) is 0 Å². The molecule has 30 valence electrons. The number of hydrogen-bond acceptors (Lipinski definition) is 3. The van der Waals surface area contributed by atoms with Gasteiger partial charge in [0.25, 0.3) is 0 Å². The summed E-state index contributed by atoms with van der Waals surface area (Å²) in [6.07, 6.45) is 0.681. The molecule has 1 atom stereocenters. The van der Waals surface area contributed by atoms with E-state index >= 15 is 0 Å². The van der Waals surface area contributed by atoms with Crippen molar-refractivity contribution in [1.29, 1.82) is 0 Å². The molecule has 1 N–H and O–H groups in total. The van der Waals surface area contributed by atoms with Crippen molar-refractivity contribution in [1.82, 2.24) is 10.4 Å². The molecule has 0 bridgehead atoms. The van der Waals surface area contributed by atoms with Crippen molar-refractivity contribution in [2.45, 2.75) is 0 Å². The molecule has 0 saturated carbocycles. The highest BCUT2D eigenvalue weighted by molar-refractivity contribution is 7.36. The third-order valence-corrected chi connectivity index (χ3v) is 1.28. The van der Waals surface area contributed by atoms with Crippen molar-refractivity contribution < 1.29 is 0 Å². The van der Waals surface area contributed by atoms with Crippen molar-refractivity contribution in [2.75, 3.05) is 6.29 Å². The Morgan fingerprint density at radius 2 is 2.40 bits per heavy atom. The van der Waals surface area contributed by atoms with Crippen molar-refractivity contribution in [3.8, 4) is 0 Å². The fraction of sp³-hybridized carbons (Fsp3) is 1.00. The Morgan fingerprint density at radius 1 is 2.00 bits per heavy atom. The highest BCUT2D eigenvalue weighted by Gasteiger charge is 1.96. The molecule has 1 aliphatic heterocycles. The van der Waals surface area contributed by atoms with Crippen LogP contribution in [0.5, 0.6) is 0 Å². The minimum absolute atomic E-state index is 0.665. The molecule has 0 spiro atoms. The van der Waals surface area contributed by atoms with Crippen LogP contribution in [0.2, 0.25) is 0 Å². The predicted molar refractivity (Wildman–Crippen MR) is 21.5 cm³/mol. The SMILES string of the molecule is [O-]N1CPN1. The second-order valence-corrected chi connectivity index (χ2v) is 1.72. The summed E-state index contributed by atoms with van der Waals surface area (Å²) in [7, 11) is 0.665. The lowest BCUT2D eigenvalue weighted by Crippen LogP contribution is -2.35. The summed E-state index contributed by atoms with van der Waals surface area (Å²) >= 11 is 0. The lowest BCUT2D eigenvalue weighted by molar-refractivity contribution is 0.366. The zero-order valence-electron chi connectivity index (χ0n) is 2.56. The average Bonchev–Trinajstić information content (AvgIpc) is 1.30. The number of nitrogens with zero attached hydrogens (tertiary/aromatic N) is 1. The van der Waals surface area contributed by atoms with Gasteiger partial charge in [-0.25, -0.2) is 5.20 Å². The predicted octanol–water partition coefficient (Wildman–Crippen LogP) is -0.145. The maximum atomic E-state index is 9.71. The zero-order valence-corrected chi connectivity index (χ0v) is 3.56. The van der Waals surface area contributed by atoms with Gasteiger partial charge >= 0.3 is 0 Å². The number of hydrazine groups is 1. The smallest absolute Gasteiger partial charge is 0.0315 e. The fourth-order valence-corrected chi connectivity index (χ4v) is 0.431. The van der Waals surface area contributed by atoms with E-state index in [2.05, 4.69) is 5.20 Å². The van der Waals surface area contributed by atoms with Gasteiger partial charge < -0.3 is 10.4 Å². The first-order chi connectivity index (χ1) is 2.39. The van der Waals surface area contributed by atoms with Gasteiger partial charge in [-0.15, -0.1) is 0 Å². The molecule has 1 unspecified atom stereocenters. The Balaban J connectivity index is 2.08. The summed E-state index contributed by atoms with van der Waals surface area (Å²) in [5.41, 5.74) is 0. The highest BCUT2D eigenvalue weighted by Crippen LogP contribution is 2.14. The van der Waals surface area contributed by atoms with Crippen molar-refractivity contribution in [2.24, 2.45) is 0 Å². The van der Waals surface area contributed by atoms with E-state index in [9.17, 15) is 5.21 Å². The lowest BCUT2D eigenvalue weighted by atomic mass is 11.4. The number of hydrogen-bond donors (Lipinski definition) is 1. The summed E-state index contributed by atoms with van der Waals surface area (Å²) in [6.45, 7) is 0. The minimum atomic E-state index is 0.665. The summed E-state index contributed by atoms with van der Waals surface area (Å²) in [5.74, 6) is 0. The van der Waals surface area contributed by atoms with Gasteiger partial charge in [-0.05, 0) is 8.73 Å². The van der Waals surface area contributed by atoms with Crippen LogP contribution in [0, 0.1) is 5.21 Å². The molecule has 4 heteroatoms. The van der Waals surface area contributed by atoms with E-state index in [1.54, 1.807) is 0 Å². The Kier molecular flexibility index (Phi) is 0.830. The van der Waals surface area contributed by atoms with Crippen LogP contribution >= 0.6 is 8.73 Å². The average molecular weight is 91.0 g/mol. The first-order valence-electron chi connectivity index (χ1n) is 1.33. The molecule has 5 heavy (non-hydrogen) atoms. The Hall–Kier alpha value is 0.310. The van der Waals surface area contributed by atoms with Crippen LogP contribution < -0.4 is 5.20 Å². The number of nitrogens with one attached hydrogen (secondary N) is 1. The molecule has 1 saturated heterocycles. The standard InChI is InChI=1S/CH4N2OP/c4-3-1-5-2-3/h2,5H,1H2/q-1. The first kappa shape index (κ1) is 3.50. The molecular weight excluding hydrogens is 87.0 g/mol. The zero-order chi connectivity index (χ0) is 3.70. The number of rotatable bonds is 0. The van der Waals surface area contributed by atoms with E-state index in [1.165, 1.54) is 0 Å². The summed E-state index contributed by atoms with van der Waals surface area (Å²) in [4.78, 5) is 0. The molecule has 1 fully saturated rings. The molecule has 1 heterocycles. The molecule has 0 aromatic heterocycles. The Bertz CT molecular complexity index is 36.6. The van der Waals surface area contributed by atoms with Crippen molar-refractivity contribution >= 4 is 8.73 Å². The van der Waals surface area contributed by atoms with Gasteiger partial charge in [-0.1, -0.05) is 0 Å². The molecule has 3 nitrogen and oxygen atoms in total. The van der Waals surface area contributed by atoms with Gasteiger partial charge in [0.15, 0.2) is 0 Å². The molecule has 1 aliphatic rings. The molecule has 1 rings (SSSR count). The topological polar surface area (TPSA) is 38.3 Å². The second-order valence-electron chi connectivity index (χ2n) is 0.825. The Morgan fingerprint density at radius 3 is 2.40 bits per heavy atom. The van der Waals surface area contributed by atoms with E-state index in [0.29, 0.717) is 15.0 Å². The largest absolute Gasteiger partial charge is 0.771 e. The van der Waals surface area contributed by atoms with E-state index in [4.69, 9.17) is 0 Å². The van der Waals surface area contributed by atoms with Crippen LogP contribution in [0.15, 0.2) is 0 Å². The van der Waals surface area contributed by atoms with E-state index in [1.807, 2.05) is 0 Å². The van der Waals surface area contributed by atoms with Gasteiger partial charge in [-0.2, -0.15) is 0 Å². The summed E-state index contributed by atoms with van der Waals surface area (Å²) < 4.78 is 0. The molecule has 0 amide bonds. The highest BCUT2D eigenvalue weighted by atomic mass is 31.1. The van der Waals surface area contributed by atoms with Crippen molar-refractivity contribution in [3.05, 3.63) is 5.21 Å². The maximum absolute atomic E-state index is 9.71. The molecule has 0 aromatic rings. The van der Waals surface area contributed by atoms with Gasteiger partial charge in [0.05, 0.1) is 0 Å². The van der Waals surface area contributed by atoms with E-state index in [-0.39, 0.29) is 0 Å². The number of hydroxylamine groups is 1. The van der Waals surface area contributed by atoms with Gasteiger partial charge in [0.1, 0.15) is 0 Å². The quantitative estimate of drug-likeness (QED) is 0.421. The van der Waals surface area contributed by atoms with Gasteiger partial charge in [-0.3, -0.25) is 0 Å². The van der Waals surface area contributed by atoms with Crippen LogP contribution in [-0.4, -0.2) is 11.5 Å². The van der Waals surface area contributed by atoms with E-state index in [0.717, 1.165) is 5.17 Å². The normalized spacial score (nSPS) is 30.6. The molecule has 0 radical (unpaired) electrons. The lowest BCUT2D eigenvalue weighted by Gasteiger charge is -2.37. The van der Waals surface area contributed by atoms with Crippen LogP contribution in [0.1, 0.15) is 0 Å². The van der Waals surface area contributed by atoms with Crippen LogP contribution in [0.4, 0.5) is 0 Å². The van der Waals surface area contributed by atoms with Crippen LogP contribution in [0.3, 0.4) is 0 Å².